The monoisotopic (exact) mass is 183 g/mol. The number of ether oxygens (including phenoxy) is 1. The number of rotatable bonds is 3. The van der Waals surface area contributed by atoms with Crippen molar-refractivity contribution in [2.45, 2.75) is 13.5 Å². The summed E-state index contributed by atoms with van der Waals surface area (Å²) in [5.41, 5.74) is 3.75. The van der Waals surface area contributed by atoms with Crippen molar-refractivity contribution in [1.82, 2.24) is 5.48 Å². The van der Waals surface area contributed by atoms with Gasteiger partial charge in [0.05, 0.1) is 7.11 Å². The van der Waals surface area contributed by atoms with Crippen LogP contribution in [-0.4, -0.2) is 17.4 Å². The first-order chi connectivity index (χ1) is 6.20. The van der Waals surface area contributed by atoms with Crippen LogP contribution in [0.3, 0.4) is 0 Å². The molecule has 0 amide bonds. The largest absolute Gasteiger partial charge is 0.504 e. The van der Waals surface area contributed by atoms with Crippen LogP contribution >= 0.6 is 0 Å². The highest BCUT2D eigenvalue weighted by molar-refractivity contribution is 5.49. The van der Waals surface area contributed by atoms with Gasteiger partial charge in [0.2, 0.25) is 0 Å². The fourth-order valence-corrected chi connectivity index (χ4v) is 1.24. The fourth-order valence-electron chi connectivity index (χ4n) is 1.24. The number of aryl methyl sites for hydroxylation is 1. The number of hydrogen-bond donors (Lipinski definition) is 3. The molecule has 72 valence electrons. The van der Waals surface area contributed by atoms with Gasteiger partial charge < -0.3 is 15.1 Å². The van der Waals surface area contributed by atoms with E-state index in [9.17, 15) is 5.11 Å². The molecule has 0 aliphatic heterocycles. The number of aromatic hydroxyl groups is 1. The highest BCUT2D eigenvalue weighted by Gasteiger charge is 2.10. The second-order valence-corrected chi connectivity index (χ2v) is 2.75. The van der Waals surface area contributed by atoms with Crippen LogP contribution in [0.15, 0.2) is 12.1 Å². The summed E-state index contributed by atoms with van der Waals surface area (Å²) in [6.07, 6.45) is 0. The summed E-state index contributed by atoms with van der Waals surface area (Å²) in [5, 5.41) is 18.0. The molecule has 0 radical (unpaired) electrons. The lowest BCUT2D eigenvalue weighted by Gasteiger charge is -2.11. The molecule has 1 rings (SSSR count). The Hall–Kier alpha value is -1.26. The predicted octanol–water partition coefficient (Wildman–Crippen LogP) is 1.19. The smallest absolute Gasteiger partial charge is 0.165 e. The van der Waals surface area contributed by atoms with Crippen molar-refractivity contribution in [2.24, 2.45) is 0 Å². The van der Waals surface area contributed by atoms with Crippen LogP contribution < -0.4 is 10.2 Å². The van der Waals surface area contributed by atoms with Crippen molar-refractivity contribution in [2.75, 3.05) is 7.11 Å². The molecule has 0 aliphatic rings. The number of phenolic OH excluding ortho intramolecular Hbond substituents is 1. The maximum absolute atomic E-state index is 9.41. The van der Waals surface area contributed by atoms with E-state index in [-0.39, 0.29) is 12.3 Å². The lowest BCUT2D eigenvalue weighted by atomic mass is 10.1. The van der Waals surface area contributed by atoms with Gasteiger partial charge in [0.1, 0.15) is 0 Å². The van der Waals surface area contributed by atoms with E-state index in [1.165, 1.54) is 7.11 Å². The molecule has 0 spiro atoms. The van der Waals surface area contributed by atoms with Crippen LogP contribution in [0.25, 0.3) is 0 Å². The molecule has 0 fully saturated rings. The average Bonchev–Trinajstić information content (AvgIpc) is 2.12. The Kier molecular flexibility index (Phi) is 3.11. The molecule has 3 N–H and O–H groups in total. The third-order valence-electron chi connectivity index (χ3n) is 1.93. The summed E-state index contributed by atoms with van der Waals surface area (Å²) < 4.78 is 5.01. The maximum Gasteiger partial charge on any atom is 0.165 e. The van der Waals surface area contributed by atoms with E-state index in [4.69, 9.17) is 9.94 Å². The highest BCUT2D eigenvalue weighted by atomic mass is 16.5. The topological polar surface area (TPSA) is 61.7 Å². The Balaban J connectivity index is 3.18. The number of hydrogen-bond acceptors (Lipinski definition) is 4. The van der Waals surface area contributed by atoms with Crippen LogP contribution in [0.2, 0.25) is 0 Å². The SMILES string of the molecule is COc1c(O)ccc(C)c1CNO. The van der Waals surface area contributed by atoms with Gasteiger partial charge in [-0.25, -0.2) is 5.48 Å². The average molecular weight is 183 g/mol. The molecule has 4 heteroatoms. The molecule has 0 bridgehead atoms. The zero-order valence-corrected chi connectivity index (χ0v) is 7.66. The first-order valence-electron chi connectivity index (χ1n) is 3.93. The maximum atomic E-state index is 9.41. The van der Waals surface area contributed by atoms with Gasteiger partial charge in [0.25, 0.3) is 0 Å². The predicted molar refractivity (Wildman–Crippen MR) is 48.0 cm³/mol. The van der Waals surface area contributed by atoms with Crippen molar-refractivity contribution < 1.29 is 15.1 Å². The molecule has 0 unspecified atom stereocenters. The minimum absolute atomic E-state index is 0.0818. The second kappa shape index (κ2) is 4.11. The Labute approximate surface area is 76.7 Å². The first kappa shape index (κ1) is 9.83. The van der Waals surface area contributed by atoms with Crippen molar-refractivity contribution >= 4 is 0 Å². The molecule has 0 atom stereocenters. The summed E-state index contributed by atoms with van der Waals surface area (Å²) in [7, 11) is 1.48. The number of phenols is 1. The Morgan fingerprint density at radius 3 is 2.69 bits per heavy atom. The molecule has 0 saturated carbocycles. The van der Waals surface area contributed by atoms with E-state index in [0.717, 1.165) is 11.1 Å². The van der Waals surface area contributed by atoms with E-state index < -0.39 is 0 Å². The molecular formula is C9H13NO3. The quantitative estimate of drug-likeness (QED) is 0.616. The third-order valence-corrected chi connectivity index (χ3v) is 1.93. The zero-order chi connectivity index (χ0) is 9.84. The van der Waals surface area contributed by atoms with Crippen molar-refractivity contribution in [3.63, 3.8) is 0 Å². The van der Waals surface area contributed by atoms with E-state index >= 15 is 0 Å². The number of methoxy groups -OCH3 is 1. The standard InChI is InChI=1S/C9H13NO3/c1-6-3-4-8(11)9(13-2)7(6)5-10-12/h3-4,10-12H,5H2,1-2H3. The Morgan fingerprint density at radius 2 is 2.15 bits per heavy atom. The first-order valence-corrected chi connectivity index (χ1v) is 3.93. The normalized spacial score (nSPS) is 10.1. The van der Waals surface area contributed by atoms with Gasteiger partial charge in [-0.05, 0) is 18.6 Å². The van der Waals surface area contributed by atoms with Gasteiger partial charge in [0.15, 0.2) is 11.5 Å². The van der Waals surface area contributed by atoms with Crippen LogP contribution in [0, 0.1) is 6.92 Å². The molecule has 1 aromatic carbocycles. The molecule has 0 saturated heterocycles. The second-order valence-electron chi connectivity index (χ2n) is 2.75. The van der Waals surface area contributed by atoms with Crippen LogP contribution in [0.5, 0.6) is 11.5 Å². The van der Waals surface area contributed by atoms with Gasteiger partial charge in [-0.1, -0.05) is 6.07 Å². The number of nitrogens with one attached hydrogen (secondary N) is 1. The van der Waals surface area contributed by atoms with Gasteiger partial charge in [-0.15, -0.1) is 0 Å². The molecule has 13 heavy (non-hydrogen) atoms. The number of benzene rings is 1. The van der Waals surface area contributed by atoms with E-state index in [2.05, 4.69) is 0 Å². The zero-order valence-electron chi connectivity index (χ0n) is 7.66. The van der Waals surface area contributed by atoms with Crippen molar-refractivity contribution in [3.05, 3.63) is 23.3 Å². The summed E-state index contributed by atoms with van der Waals surface area (Å²) in [6.45, 7) is 2.14. The van der Waals surface area contributed by atoms with Gasteiger partial charge >= 0.3 is 0 Å². The summed E-state index contributed by atoms with van der Waals surface area (Å²) >= 11 is 0. The molecular weight excluding hydrogens is 170 g/mol. The summed E-state index contributed by atoms with van der Waals surface area (Å²) in [6, 6.07) is 3.33. The van der Waals surface area contributed by atoms with Crippen LogP contribution in [0.1, 0.15) is 11.1 Å². The number of hydroxylamine groups is 1. The molecule has 0 heterocycles. The van der Waals surface area contributed by atoms with E-state index in [0.29, 0.717) is 5.75 Å². The lowest BCUT2D eigenvalue weighted by molar-refractivity contribution is 0.159. The minimum Gasteiger partial charge on any atom is -0.504 e. The van der Waals surface area contributed by atoms with Gasteiger partial charge in [-0.2, -0.15) is 0 Å². The summed E-state index contributed by atoms with van der Waals surface area (Å²) in [5.74, 6) is 0.486. The fraction of sp³-hybridized carbons (Fsp3) is 0.333. The van der Waals surface area contributed by atoms with E-state index in [1.807, 2.05) is 12.4 Å². The molecule has 4 nitrogen and oxygen atoms in total. The van der Waals surface area contributed by atoms with Gasteiger partial charge in [0, 0.05) is 12.1 Å². The van der Waals surface area contributed by atoms with Gasteiger partial charge in [-0.3, -0.25) is 0 Å². The molecule has 1 aromatic rings. The third kappa shape index (κ3) is 1.91. The highest BCUT2D eigenvalue weighted by Crippen LogP contribution is 2.31. The summed E-state index contributed by atoms with van der Waals surface area (Å²) in [4.78, 5) is 0. The van der Waals surface area contributed by atoms with Crippen molar-refractivity contribution in [1.29, 1.82) is 0 Å². The van der Waals surface area contributed by atoms with Crippen LogP contribution in [0.4, 0.5) is 0 Å². The molecule has 0 aliphatic carbocycles. The molecule has 0 aromatic heterocycles. The van der Waals surface area contributed by atoms with Crippen molar-refractivity contribution in [3.8, 4) is 11.5 Å². The lowest BCUT2D eigenvalue weighted by Crippen LogP contribution is -2.09. The Morgan fingerprint density at radius 1 is 1.46 bits per heavy atom. The van der Waals surface area contributed by atoms with E-state index in [1.54, 1.807) is 12.1 Å². The Bertz CT molecular complexity index is 299. The minimum atomic E-state index is 0.0818. The van der Waals surface area contributed by atoms with Crippen LogP contribution in [-0.2, 0) is 6.54 Å².